The summed E-state index contributed by atoms with van der Waals surface area (Å²) in [7, 11) is 1.53. The van der Waals surface area contributed by atoms with E-state index in [1.54, 1.807) is 13.8 Å². The lowest BCUT2D eigenvalue weighted by molar-refractivity contribution is 0.223. The van der Waals surface area contributed by atoms with Crippen LogP contribution in [0.5, 0.6) is 0 Å². The van der Waals surface area contributed by atoms with Gasteiger partial charge in [-0.3, -0.25) is 0 Å². The van der Waals surface area contributed by atoms with Crippen LogP contribution >= 0.6 is 0 Å². The maximum atomic E-state index is 7.47. The van der Waals surface area contributed by atoms with Crippen LogP contribution in [0.1, 0.15) is 13.8 Å². The molecular weight excluding hydrogens is 156 g/mol. The van der Waals surface area contributed by atoms with Gasteiger partial charge in [0.25, 0.3) is 0 Å². The zero-order chi connectivity index (χ0) is 9.56. The second kappa shape index (κ2) is 5.37. The summed E-state index contributed by atoms with van der Waals surface area (Å²) < 4.78 is 4.74. The van der Waals surface area contributed by atoms with E-state index in [1.165, 1.54) is 19.4 Å². The van der Waals surface area contributed by atoms with E-state index >= 15 is 0 Å². The lowest BCUT2D eigenvalue weighted by atomic mass is 10.2. The molecule has 0 radical (unpaired) electrons. The number of methoxy groups -OCH3 is 1. The van der Waals surface area contributed by atoms with Crippen LogP contribution in [-0.4, -0.2) is 12.8 Å². The molecule has 0 atom stereocenters. The standard InChI is InChI=1S/C8H14N2O2/c1-6(5-11-3)8(9)4-7(2)12-10/h4-5,9H,10H2,1-3H3/b6-5+,7-4+,9-8?. The fourth-order valence-electron chi connectivity index (χ4n) is 0.591. The molecule has 68 valence electrons. The van der Waals surface area contributed by atoms with Crippen molar-refractivity contribution in [2.24, 2.45) is 5.90 Å². The summed E-state index contributed by atoms with van der Waals surface area (Å²) in [6, 6.07) is 0. The van der Waals surface area contributed by atoms with Crippen molar-refractivity contribution in [1.29, 1.82) is 5.41 Å². The minimum Gasteiger partial charge on any atom is -0.504 e. The minimum absolute atomic E-state index is 0.319. The van der Waals surface area contributed by atoms with E-state index in [0.717, 1.165) is 0 Å². The Hall–Kier alpha value is -1.29. The lowest BCUT2D eigenvalue weighted by Crippen LogP contribution is -2.00. The summed E-state index contributed by atoms with van der Waals surface area (Å²) >= 11 is 0. The van der Waals surface area contributed by atoms with E-state index in [0.29, 0.717) is 17.0 Å². The molecule has 0 heterocycles. The van der Waals surface area contributed by atoms with Crippen LogP contribution in [0.3, 0.4) is 0 Å². The second-order valence-electron chi connectivity index (χ2n) is 2.32. The number of hydrogen-bond acceptors (Lipinski definition) is 4. The van der Waals surface area contributed by atoms with Gasteiger partial charge in [0.1, 0.15) is 5.76 Å². The van der Waals surface area contributed by atoms with E-state index in [2.05, 4.69) is 4.84 Å². The van der Waals surface area contributed by atoms with Gasteiger partial charge >= 0.3 is 0 Å². The molecule has 3 N–H and O–H groups in total. The minimum atomic E-state index is 0.319. The molecule has 0 unspecified atom stereocenters. The molecule has 0 aromatic heterocycles. The molecule has 4 heteroatoms. The molecule has 0 aliphatic rings. The average Bonchev–Trinajstić information content (AvgIpc) is 2.04. The number of rotatable bonds is 4. The number of allylic oxidation sites excluding steroid dienone is 3. The topological polar surface area (TPSA) is 68.3 Å². The monoisotopic (exact) mass is 170 g/mol. The predicted molar refractivity (Wildman–Crippen MR) is 47.5 cm³/mol. The summed E-state index contributed by atoms with van der Waals surface area (Å²) in [4.78, 5) is 4.40. The van der Waals surface area contributed by atoms with Crippen molar-refractivity contribution in [3.05, 3.63) is 23.7 Å². The first-order chi connectivity index (χ1) is 5.61. The fraction of sp³-hybridized carbons (Fsp3) is 0.375. The van der Waals surface area contributed by atoms with Crippen LogP contribution in [0.2, 0.25) is 0 Å². The smallest absolute Gasteiger partial charge is 0.122 e. The highest BCUT2D eigenvalue weighted by Gasteiger charge is 1.97. The first kappa shape index (κ1) is 10.7. The van der Waals surface area contributed by atoms with Crippen molar-refractivity contribution < 1.29 is 9.57 Å². The molecular formula is C8H14N2O2. The summed E-state index contributed by atoms with van der Waals surface area (Å²) in [6.07, 6.45) is 3.01. The maximum absolute atomic E-state index is 7.47. The number of nitrogens with two attached hydrogens (primary N) is 1. The summed E-state index contributed by atoms with van der Waals surface area (Å²) in [6.45, 7) is 3.45. The molecule has 0 aromatic carbocycles. The van der Waals surface area contributed by atoms with Gasteiger partial charge in [0.15, 0.2) is 0 Å². The molecule has 4 nitrogen and oxygen atoms in total. The SMILES string of the molecule is CO/C=C(\C)C(=N)/C=C(\C)ON. The molecule has 0 aromatic rings. The third kappa shape index (κ3) is 3.78. The molecule has 0 saturated carbocycles. The molecule has 12 heavy (non-hydrogen) atoms. The predicted octanol–water partition coefficient (Wildman–Crippen LogP) is 1.35. The highest BCUT2D eigenvalue weighted by Crippen LogP contribution is 2.00. The zero-order valence-corrected chi connectivity index (χ0v) is 7.55. The Morgan fingerprint density at radius 3 is 2.42 bits per heavy atom. The molecule has 0 rings (SSSR count). The van der Waals surface area contributed by atoms with Crippen LogP contribution in [0.25, 0.3) is 0 Å². The Labute approximate surface area is 72.1 Å². The second-order valence-corrected chi connectivity index (χ2v) is 2.32. The lowest BCUT2D eigenvalue weighted by Gasteiger charge is -2.00. The third-order valence-electron chi connectivity index (χ3n) is 1.25. The molecule has 0 aliphatic heterocycles. The molecule has 0 amide bonds. The van der Waals surface area contributed by atoms with Gasteiger partial charge in [0.05, 0.1) is 19.1 Å². The van der Waals surface area contributed by atoms with Gasteiger partial charge in [-0.1, -0.05) is 0 Å². The van der Waals surface area contributed by atoms with Gasteiger partial charge in [-0.25, -0.2) is 0 Å². The van der Waals surface area contributed by atoms with Crippen molar-refractivity contribution >= 4 is 5.71 Å². The molecule has 0 saturated heterocycles. The average molecular weight is 170 g/mol. The highest BCUT2D eigenvalue weighted by molar-refractivity contribution is 6.05. The Morgan fingerprint density at radius 2 is 2.00 bits per heavy atom. The van der Waals surface area contributed by atoms with Crippen molar-refractivity contribution in [2.45, 2.75) is 13.8 Å². The van der Waals surface area contributed by atoms with E-state index in [-0.39, 0.29) is 0 Å². The summed E-state index contributed by atoms with van der Waals surface area (Å²) in [5.74, 6) is 5.37. The van der Waals surface area contributed by atoms with E-state index in [4.69, 9.17) is 16.0 Å². The van der Waals surface area contributed by atoms with Gasteiger partial charge in [-0.2, -0.15) is 5.90 Å². The van der Waals surface area contributed by atoms with Gasteiger partial charge in [0.2, 0.25) is 0 Å². The number of hydrogen-bond donors (Lipinski definition) is 2. The van der Waals surface area contributed by atoms with Gasteiger partial charge in [-0.05, 0) is 13.8 Å². The Balaban J connectivity index is 4.32. The fourth-order valence-corrected chi connectivity index (χ4v) is 0.591. The van der Waals surface area contributed by atoms with Crippen LogP contribution in [0.15, 0.2) is 23.7 Å². The van der Waals surface area contributed by atoms with E-state index in [1.807, 2.05) is 0 Å². The van der Waals surface area contributed by atoms with Crippen molar-refractivity contribution in [1.82, 2.24) is 0 Å². The van der Waals surface area contributed by atoms with Crippen LogP contribution < -0.4 is 5.90 Å². The Morgan fingerprint density at radius 1 is 1.42 bits per heavy atom. The van der Waals surface area contributed by atoms with Crippen LogP contribution in [-0.2, 0) is 9.57 Å². The highest BCUT2D eigenvalue weighted by atomic mass is 16.6. The quantitative estimate of drug-likeness (QED) is 0.380. The normalized spacial score (nSPS) is 12.7. The first-order valence-electron chi connectivity index (χ1n) is 3.45. The van der Waals surface area contributed by atoms with Gasteiger partial charge in [-0.15, -0.1) is 0 Å². The van der Waals surface area contributed by atoms with E-state index in [9.17, 15) is 0 Å². The molecule has 0 fully saturated rings. The van der Waals surface area contributed by atoms with Gasteiger partial charge < -0.3 is 15.0 Å². The summed E-state index contributed by atoms with van der Waals surface area (Å²) in [5.41, 5.74) is 1.04. The largest absolute Gasteiger partial charge is 0.504 e. The number of ether oxygens (including phenoxy) is 1. The maximum Gasteiger partial charge on any atom is 0.122 e. The van der Waals surface area contributed by atoms with Crippen LogP contribution in [0, 0.1) is 5.41 Å². The van der Waals surface area contributed by atoms with Crippen molar-refractivity contribution in [2.75, 3.05) is 7.11 Å². The van der Waals surface area contributed by atoms with Crippen LogP contribution in [0.4, 0.5) is 0 Å². The summed E-state index contributed by atoms with van der Waals surface area (Å²) in [5, 5.41) is 7.47. The zero-order valence-electron chi connectivity index (χ0n) is 7.55. The van der Waals surface area contributed by atoms with E-state index < -0.39 is 0 Å². The Kier molecular flexibility index (Phi) is 4.79. The number of nitrogens with one attached hydrogen (secondary N) is 1. The molecule has 0 aliphatic carbocycles. The third-order valence-corrected chi connectivity index (χ3v) is 1.25. The molecule has 0 spiro atoms. The Bertz CT molecular complexity index is 219. The van der Waals surface area contributed by atoms with Crippen molar-refractivity contribution in [3.8, 4) is 0 Å². The van der Waals surface area contributed by atoms with Crippen molar-refractivity contribution in [3.63, 3.8) is 0 Å². The first-order valence-corrected chi connectivity index (χ1v) is 3.45. The molecule has 0 bridgehead atoms. The van der Waals surface area contributed by atoms with Gasteiger partial charge in [0, 0.05) is 11.6 Å².